The third-order valence-corrected chi connectivity index (χ3v) is 2.37. The molecule has 1 heterocycles. The minimum atomic E-state index is -0.0435. The molecule has 13 heavy (non-hydrogen) atoms. The molecule has 1 atom stereocenters. The molecule has 0 radical (unpaired) electrons. The van der Waals surface area contributed by atoms with Crippen LogP contribution in [0.15, 0.2) is 12.3 Å². The van der Waals surface area contributed by atoms with E-state index in [-0.39, 0.29) is 6.04 Å². The molecule has 1 aromatic rings. The molecule has 0 fully saturated rings. The molecule has 0 amide bonds. The van der Waals surface area contributed by atoms with Gasteiger partial charge in [0.25, 0.3) is 0 Å². The number of nitrogens with two attached hydrogens (primary N) is 1. The predicted molar refractivity (Wildman–Crippen MR) is 56.1 cm³/mol. The summed E-state index contributed by atoms with van der Waals surface area (Å²) in [5, 5.41) is 1.02. The molecule has 2 nitrogen and oxygen atoms in total. The summed E-state index contributed by atoms with van der Waals surface area (Å²) in [5.74, 6) is 0. The van der Waals surface area contributed by atoms with Gasteiger partial charge in [0, 0.05) is 12.2 Å². The Morgan fingerprint density at radius 1 is 1.54 bits per heavy atom. The Kier molecular flexibility index (Phi) is 3.97. The van der Waals surface area contributed by atoms with Crippen LogP contribution in [0.25, 0.3) is 0 Å². The van der Waals surface area contributed by atoms with Gasteiger partial charge in [0.1, 0.15) is 5.15 Å². The van der Waals surface area contributed by atoms with Crippen LogP contribution < -0.4 is 5.73 Å². The number of hydrogen-bond donors (Lipinski definition) is 1. The maximum absolute atomic E-state index is 5.93. The zero-order valence-corrected chi connectivity index (χ0v) is 8.94. The van der Waals surface area contributed by atoms with Crippen molar-refractivity contribution in [3.63, 3.8) is 0 Å². The first-order valence-electron chi connectivity index (χ1n) is 4.21. The summed E-state index contributed by atoms with van der Waals surface area (Å²) in [5.41, 5.74) is 6.78. The van der Waals surface area contributed by atoms with Gasteiger partial charge in [0.2, 0.25) is 0 Å². The Labute approximate surface area is 88.1 Å². The first-order chi connectivity index (χ1) is 6.15. The number of nitrogens with zero attached hydrogens (tertiary/aromatic N) is 1. The molecule has 72 valence electrons. The van der Waals surface area contributed by atoms with Crippen LogP contribution in [0.3, 0.4) is 0 Å². The Morgan fingerprint density at radius 3 is 2.85 bits per heavy atom. The molecule has 4 heteroatoms. The number of hydrogen-bond acceptors (Lipinski definition) is 2. The van der Waals surface area contributed by atoms with Crippen molar-refractivity contribution < 1.29 is 0 Å². The van der Waals surface area contributed by atoms with Gasteiger partial charge >= 0.3 is 0 Å². The minimum absolute atomic E-state index is 0.0435. The summed E-state index contributed by atoms with van der Waals surface area (Å²) in [4.78, 5) is 3.86. The van der Waals surface area contributed by atoms with Crippen LogP contribution in [0, 0.1) is 0 Å². The number of aromatic nitrogens is 1. The number of pyridine rings is 1. The van der Waals surface area contributed by atoms with Crippen LogP contribution in [0.4, 0.5) is 0 Å². The SMILES string of the molecule is CCC[C@H](N)c1cc(Cl)ncc1Cl. The zero-order valence-electron chi connectivity index (χ0n) is 7.43. The van der Waals surface area contributed by atoms with Gasteiger partial charge in [-0.3, -0.25) is 0 Å². The lowest BCUT2D eigenvalue weighted by molar-refractivity contribution is 0.638. The van der Waals surface area contributed by atoms with Gasteiger partial charge in [0.05, 0.1) is 5.02 Å². The van der Waals surface area contributed by atoms with Crippen LogP contribution in [0.2, 0.25) is 10.2 Å². The summed E-state index contributed by atoms with van der Waals surface area (Å²) in [6.07, 6.45) is 3.46. The smallest absolute Gasteiger partial charge is 0.129 e. The van der Waals surface area contributed by atoms with E-state index >= 15 is 0 Å². The van der Waals surface area contributed by atoms with Gasteiger partial charge in [-0.25, -0.2) is 4.98 Å². The van der Waals surface area contributed by atoms with Gasteiger partial charge < -0.3 is 5.73 Å². The Morgan fingerprint density at radius 2 is 2.23 bits per heavy atom. The van der Waals surface area contributed by atoms with Gasteiger partial charge in [-0.15, -0.1) is 0 Å². The van der Waals surface area contributed by atoms with Crippen LogP contribution in [0.5, 0.6) is 0 Å². The molecule has 2 N–H and O–H groups in total. The molecule has 0 unspecified atom stereocenters. The standard InChI is InChI=1S/C9H12Cl2N2/c1-2-3-8(12)6-4-9(11)13-5-7(6)10/h4-5,8H,2-3,12H2,1H3/t8-/m0/s1. The summed E-state index contributed by atoms with van der Waals surface area (Å²) < 4.78 is 0. The summed E-state index contributed by atoms with van der Waals surface area (Å²) in [7, 11) is 0. The lowest BCUT2D eigenvalue weighted by atomic mass is 10.1. The summed E-state index contributed by atoms with van der Waals surface area (Å²) >= 11 is 11.7. The van der Waals surface area contributed by atoms with E-state index in [9.17, 15) is 0 Å². The molecular formula is C9H12Cl2N2. The fraction of sp³-hybridized carbons (Fsp3) is 0.444. The minimum Gasteiger partial charge on any atom is -0.324 e. The average Bonchev–Trinajstić information content (AvgIpc) is 2.09. The van der Waals surface area contributed by atoms with Crippen molar-refractivity contribution in [3.05, 3.63) is 28.0 Å². The predicted octanol–water partition coefficient (Wildman–Crippen LogP) is 3.19. The Balaban J connectivity index is 2.91. The second-order valence-corrected chi connectivity index (χ2v) is 3.72. The van der Waals surface area contributed by atoms with Gasteiger partial charge in [0.15, 0.2) is 0 Å². The highest BCUT2D eigenvalue weighted by Gasteiger charge is 2.09. The van der Waals surface area contributed by atoms with Crippen molar-refractivity contribution in [1.29, 1.82) is 0 Å². The highest BCUT2D eigenvalue weighted by Crippen LogP contribution is 2.25. The molecule has 0 aliphatic carbocycles. The fourth-order valence-corrected chi connectivity index (χ4v) is 1.59. The van der Waals surface area contributed by atoms with Crippen LogP contribution >= 0.6 is 23.2 Å². The van der Waals surface area contributed by atoms with E-state index < -0.39 is 0 Å². The Bertz CT molecular complexity index is 289. The van der Waals surface area contributed by atoms with Crippen LogP contribution in [0.1, 0.15) is 31.4 Å². The maximum Gasteiger partial charge on any atom is 0.129 e. The third kappa shape index (κ3) is 2.83. The van der Waals surface area contributed by atoms with E-state index in [4.69, 9.17) is 28.9 Å². The third-order valence-electron chi connectivity index (χ3n) is 1.85. The van der Waals surface area contributed by atoms with E-state index in [0.717, 1.165) is 18.4 Å². The van der Waals surface area contributed by atoms with Crippen molar-refractivity contribution in [2.24, 2.45) is 5.73 Å². The monoisotopic (exact) mass is 218 g/mol. The molecule has 0 aromatic carbocycles. The summed E-state index contributed by atoms with van der Waals surface area (Å²) in [6, 6.07) is 1.68. The van der Waals surface area contributed by atoms with Crippen molar-refractivity contribution in [2.75, 3.05) is 0 Å². The Hall–Kier alpha value is -0.310. The molecule has 1 rings (SSSR count). The highest BCUT2D eigenvalue weighted by atomic mass is 35.5. The van der Waals surface area contributed by atoms with E-state index in [1.54, 1.807) is 6.07 Å². The number of rotatable bonds is 3. The van der Waals surface area contributed by atoms with Gasteiger partial charge in [-0.1, -0.05) is 36.5 Å². The van der Waals surface area contributed by atoms with Crippen LogP contribution in [-0.4, -0.2) is 4.98 Å². The molecule has 0 aliphatic rings. The first-order valence-corrected chi connectivity index (χ1v) is 4.97. The quantitative estimate of drug-likeness (QED) is 0.793. The normalized spacial score (nSPS) is 12.9. The molecule has 0 saturated heterocycles. The zero-order chi connectivity index (χ0) is 9.84. The lowest BCUT2D eigenvalue weighted by Crippen LogP contribution is -2.10. The van der Waals surface area contributed by atoms with E-state index in [2.05, 4.69) is 11.9 Å². The van der Waals surface area contributed by atoms with Gasteiger partial charge in [-0.2, -0.15) is 0 Å². The molecule has 0 aliphatic heterocycles. The van der Waals surface area contributed by atoms with E-state index in [1.165, 1.54) is 6.20 Å². The van der Waals surface area contributed by atoms with Crippen molar-refractivity contribution in [1.82, 2.24) is 4.98 Å². The average molecular weight is 219 g/mol. The molecule has 0 saturated carbocycles. The van der Waals surface area contributed by atoms with E-state index in [0.29, 0.717) is 10.2 Å². The molecule has 0 spiro atoms. The molecule has 1 aromatic heterocycles. The highest BCUT2D eigenvalue weighted by molar-refractivity contribution is 6.32. The maximum atomic E-state index is 5.93. The number of halogens is 2. The van der Waals surface area contributed by atoms with Crippen molar-refractivity contribution in [2.45, 2.75) is 25.8 Å². The van der Waals surface area contributed by atoms with E-state index in [1.807, 2.05) is 0 Å². The molecular weight excluding hydrogens is 207 g/mol. The lowest BCUT2D eigenvalue weighted by Gasteiger charge is -2.12. The first kappa shape index (κ1) is 10.8. The summed E-state index contributed by atoms with van der Waals surface area (Å²) in [6.45, 7) is 2.08. The van der Waals surface area contributed by atoms with Crippen molar-refractivity contribution >= 4 is 23.2 Å². The second-order valence-electron chi connectivity index (χ2n) is 2.92. The van der Waals surface area contributed by atoms with Crippen LogP contribution in [-0.2, 0) is 0 Å². The molecule has 0 bridgehead atoms. The largest absolute Gasteiger partial charge is 0.324 e. The van der Waals surface area contributed by atoms with Gasteiger partial charge in [-0.05, 0) is 18.1 Å². The van der Waals surface area contributed by atoms with Crippen molar-refractivity contribution in [3.8, 4) is 0 Å². The fourth-order valence-electron chi connectivity index (χ4n) is 1.18. The second kappa shape index (κ2) is 4.80. The topological polar surface area (TPSA) is 38.9 Å².